The molecule has 22 heavy (non-hydrogen) atoms. The first-order chi connectivity index (χ1) is 10.5. The summed E-state index contributed by atoms with van der Waals surface area (Å²) in [7, 11) is 0. The van der Waals surface area contributed by atoms with Gasteiger partial charge in [-0.1, -0.05) is 23.2 Å². The van der Waals surface area contributed by atoms with Crippen LogP contribution in [0.5, 0.6) is 5.75 Å². The fourth-order valence-corrected chi connectivity index (χ4v) is 2.47. The zero-order valence-electron chi connectivity index (χ0n) is 11.1. The number of halogens is 2. The predicted molar refractivity (Wildman–Crippen MR) is 83.8 cm³/mol. The van der Waals surface area contributed by atoms with Crippen molar-refractivity contribution in [1.29, 1.82) is 0 Å². The van der Waals surface area contributed by atoms with Crippen LogP contribution in [0.3, 0.4) is 0 Å². The van der Waals surface area contributed by atoms with Crippen molar-refractivity contribution in [2.24, 2.45) is 0 Å². The lowest BCUT2D eigenvalue weighted by atomic mass is 10.2. The molecule has 1 aromatic heterocycles. The number of nitrogens with one attached hydrogen (secondary N) is 1. The van der Waals surface area contributed by atoms with Crippen LogP contribution in [0, 0.1) is 0 Å². The zero-order valence-corrected chi connectivity index (χ0v) is 12.6. The van der Waals surface area contributed by atoms with E-state index >= 15 is 0 Å². The second-order valence-electron chi connectivity index (χ2n) is 4.58. The van der Waals surface area contributed by atoms with Crippen LogP contribution in [0.4, 0.5) is 0 Å². The lowest BCUT2D eigenvalue weighted by Crippen LogP contribution is -1.97. The van der Waals surface area contributed by atoms with Crippen molar-refractivity contribution in [3.8, 4) is 5.75 Å². The summed E-state index contributed by atoms with van der Waals surface area (Å²) in [6.07, 6.45) is 0. The number of fused-ring (bicyclic) bond motifs is 1. The lowest BCUT2D eigenvalue weighted by molar-refractivity contribution is 0.0697. The molecular formula is C15H10Cl2N2O3. The number of rotatable bonds is 4. The highest BCUT2D eigenvalue weighted by Gasteiger charge is 2.09. The average molecular weight is 337 g/mol. The highest BCUT2D eigenvalue weighted by molar-refractivity contribution is 6.35. The number of aromatic amines is 1. The molecule has 0 unspecified atom stereocenters. The number of carbonyl (C=O) groups is 1. The van der Waals surface area contributed by atoms with Crippen LogP contribution in [0.25, 0.3) is 11.0 Å². The summed E-state index contributed by atoms with van der Waals surface area (Å²) in [4.78, 5) is 18.3. The molecule has 0 aliphatic carbocycles. The minimum absolute atomic E-state index is 0.179. The van der Waals surface area contributed by atoms with Gasteiger partial charge in [0.05, 0.1) is 21.6 Å². The topological polar surface area (TPSA) is 75.2 Å². The van der Waals surface area contributed by atoms with Gasteiger partial charge in [-0.05, 0) is 36.4 Å². The largest absolute Gasteiger partial charge is 0.484 e. The van der Waals surface area contributed by atoms with E-state index in [0.717, 1.165) is 0 Å². The molecular weight excluding hydrogens is 327 g/mol. The molecule has 2 aromatic carbocycles. The Balaban J connectivity index is 1.80. The molecule has 1 heterocycles. The van der Waals surface area contributed by atoms with E-state index in [9.17, 15) is 4.79 Å². The van der Waals surface area contributed by atoms with Gasteiger partial charge in [-0.15, -0.1) is 0 Å². The first kappa shape index (κ1) is 14.7. The molecule has 0 aliphatic heterocycles. The molecule has 0 fully saturated rings. The fourth-order valence-electron chi connectivity index (χ4n) is 2.00. The molecule has 0 bridgehead atoms. The zero-order chi connectivity index (χ0) is 15.7. The Kier molecular flexibility index (Phi) is 3.92. The van der Waals surface area contributed by atoms with Crippen LogP contribution in [0.2, 0.25) is 10.0 Å². The molecule has 0 aliphatic rings. The number of carboxylic acid groups (broad SMARTS) is 1. The van der Waals surface area contributed by atoms with Crippen molar-refractivity contribution in [3.05, 3.63) is 57.8 Å². The van der Waals surface area contributed by atoms with E-state index in [0.29, 0.717) is 32.7 Å². The smallest absolute Gasteiger partial charge is 0.335 e. The van der Waals surface area contributed by atoms with Crippen LogP contribution in [0.1, 0.15) is 16.2 Å². The molecule has 0 saturated heterocycles. The number of imidazole rings is 1. The van der Waals surface area contributed by atoms with Gasteiger partial charge in [0, 0.05) is 5.02 Å². The van der Waals surface area contributed by atoms with E-state index in [-0.39, 0.29) is 12.2 Å². The fraction of sp³-hybridized carbons (Fsp3) is 0.0667. The summed E-state index contributed by atoms with van der Waals surface area (Å²) in [5.41, 5.74) is 1.51. The van der Waals surface area contributed by atoms with Crippen molar-refractivity contribution in [1.82, 2.24) is 9.97 Å². The van der Waals surface area contributed by atoms with E-state index in [1.54, 1.807) is 24.3 Å². The Morgan fingerprint density at radius 3 is 2.77 bits per heavy atom. The van der Waals surface area contributed by atoms with E-state index in [1.807, 2.05) is 0 Å². The number of H-pyrrole nitrogens is 1. The maximum Gasteiger partial charge on any atom is 0.335 e. The number of nitrogens with zero attached hydrogens (tertiary/aromatic N) is 1. The predicted octanol–water partition coefficient (Wildman–Crippen LogP) is 4.15. The van der Waals surface area contributed by atoms with Gasteiger partial charge in [-0.3, -0.25) is 0 Å². The minimum Gasteiger partial charge on any atom is -0.484 e. The van der Waals surface area contributed by atoms with Crippen molar-refractivity contribution < 1.29 is 14.6 Å². The first-order valence-electron chi connectivity index (χ1n) is 6.33. The second kappa shape index (κ2) is 5.87. The van der Waals surface area contributed by atoms with E-state index in [1.165, 1.54) is 12.1 Å². The van der Waals surface area contributed by atoms with Crippen LogP contribution in [-0.4, -0.2) is 21.0 Å². The minimum atomic E-state index is -0.984. The third-order valence-corrected chi connectivity index (χ3v) is 3.57. The van der Waals surface area contributed by atoms with Crippen molar-refractivity contribution in [2.75, 3.05) is 0 Å². The van der Waals surface area contributed by atoms with Crippen molar-refractivity contribution in [2.45, 2.75) is 6.61 Å². The molecule has 0 atom stereocenters. The SMILES string of the molecule is O=C(O)c1ccc2nc(COc3ccc(Cl)cc3Cl)[nH]c2c1. The van der Waals surface area contributed by atoms with Gasteiger partial charge in [0.25, 0.3) is 0 Å². The first-order valence-corrected chi connectivity index (χ1v) is 7.08. The van der Waals surface area contributed by atoms with Gasteiger partial charge in [0.2, 0.25) is 0 Å². The Labute approximate surface area is 135 Å². The lowest BCUT2D eigenvalue weighted by Gasteiger charge is -2.06. The van der Waals surface area contributed by atoms with E-state index in [4.69, 9.17) is 33.0 Å². The second-order valence-corrected chi connectivity index (χ2v) is 5.43. The molecule has 2 N–H and O–H groups in total. The third-order valence-electron chi connectivity index (χ3n) is 3.04. The van der Waals surface area contributed by atoms with Gasteiger partial charge in [-0.25, -0.2) is 9.78 Å². The van der Waals surface area contributed by atoms with E-state index < -0.39 is 5.97 Å². The summed E-state index contributed by atoms with van der Waals surface area (Å²) in [5, 5.41) is 9.92. The van der Waals surface area contributed by atoms with Gasteiger partial charge in [0.1, 0.15) is 18.2 Å². The number of carboxylic acids is 1. The third kappa shape index (κ3) is 3.00. The summed E-state index contributed by atoms with van der Waals surface area (Å²) >= 11 is 11.8. The summed E-state index contributed by atoms with van der Waals surface area (Å²) in [5.74, 6) is 0.0866. The summed E-state index contributed by atoms with van der Waals surface area (Å²) in [6, 6.07) is 9.64. The number of hydrogen-bond acceptors (Lipinski definition) is 3. The standard InChI is InChI=1S/C15H10Cl2N2O3/c16-9-2-4-13(10(17)6-9)22-7-14-18-11-3-1-8(15(20)21)5-12(11)19-14/h1-6H,7H2,(H,18,19)(H,20,21). The van der Waals surface area contributed by atoms with E-state index in [2.05, 4.69) is 9.97 Å². The number of hydrogen-bond donors (Lipinski definition) is 2. The van der Waals surface area contributed by atoms with Gasteiger partial charge >= 0.3 is 5.97 Å². The van der Waals surface area contributed by atoms with Gasteiger partial charge in [-0.2, -0.15) is 0 Å². The van der Waals surface area contributed by atoms with Gasteiger partial charge in [0.15, 0.2) is 0 Å². The highest BCUT2D eigenvalue weighted by atomic mass is 35.5. The molecule has 112 valence electrons. The van der Waals surface area contributed by atoms with Crippen LogP contribution >= 0.6 is 23.2 Å². The maximum atomic E-state index is 10.9. The number of benzene rings is 2. The highest BCUT2D eigenvalue weighted by Crippen LogP contribution is 2.28. The average Bonchev–Trinajstić information content (AvgIpc) is 2.88. The Morgan fingerprint density at radius 1 is 1.23 bits per heavy atom. The Bertz CT molecular complexity index is 861. The van der Waals surface area contributed by atoms with Crippen molar-refractivity contribution >= 4 is 40.2 Å². The molecule has 0 amide bonds. The molecule has 3 aromatic rings. The summed E-state index contributed by atoms with van der Waals surface area (Å²) in [6.45, 7) is 0.179. The molecule has 7 heteroatoms. The van der Waals surface area contributed by atoms with Crippen LogP contribution in [0.15, 0.2) is 36.4 Å². The monoisotopic (exact) mass is 336 g/mol. The van der Waals surface area contributed by atoms with Crippen molar-refractivity contribution in [3.63, 3.8) is 0 Å². The molecule has 0 spiro atoms. The quantitative estimate of drug-likeness (QED) is 0.750. The molecule has 5 nitrogen and oxygen atoms in total. The molecule has 0 saturated carbocycles. The van der Waals surface area contributed by atoms with Crippen LogP contribution < -0.4 is 4.74 Å². The Morgan fingerprint density at radius 2 is 2.05 bits per heavy atom. The molecule has 0 radical (unpaired) electrons. The normalized spacial score (nSPS) is 10.8. The van der Waals surface area contributed by atoms with Crippen LogP contribution in [-0.2, 0) is 6.61 Å². The maximum absolute atomic E-state index is 10.9. The number of ether oxygens (including phenoxy) is 1. The number of aromatic nitrogens is 2. The molecule has 3 rings (SSSR count). The summed E-state index contributed by atoms with van der Waals surface area (Å²) < 4.78 is 5.58. The number of aromatic carboxylic acids is 1. The Hall–Kier alpha value is -2.24. The van der Waals surface area contributed by atoms with Gasteiger partial charge < -0.3 is 14.8 Å².